The van der Waals surface area contributed by atoms with E-state index in [1.165, 1.54) is 27.8 Å². The van der Waals surface area contributed by atoms with Crippen molar-refractivity contribution in [3.63, 3.8) is 0 Å². The van der Waals surface area contributed by atoms with Crippen molar-refractivity contribution in [2.45, 2.75) is 19.3 Å². The number of benzene rings is 6. The summed E-state index contributed by atoms with van der Waals surface area (Å²) in [7, 11) is 0. The van der Waals surface area contributed by atoms with Gasteiger partial charge in [0.2, 0.25) is 0 Å². The van der Waals surface area contributed by atoms with Crippen LogP contribution in [0.5, 0.6) is 0 Å². The number of aromatic nitrogens is 3. The third kappa shape index (κ3) is 4.74. The van der Waals surface area contributed by atoms with Crippen LogP contribution in [0.15, 0.2) is 152 Å². The molecule has 0 amide bonds. The average molecular weight is 578 g/mol. The quantitative estimate of drug-likeness (QED) is 0.204. The van der Waals surface area contributed by atoms with Gasteiger partial charge in [0, 0.05) is 22.1 Å². The van der Waals surface area contributed by atoms with Crippen molar-refractivity contribution < 1.29 is 0 Å². The predicted molar refractivity (Wildman–Crippen MR) is 185 cm³/mol. The molecular weight excluding hydrogens is 546 g/mol. The van der Waals surface area contributed by atoms with Gasteiger partial charge in [-0.2, -0.15) is 0 Å². The highest BCUT2D eigenvalue weighted by molar-refractivity contribution is 5.86. The molecule has 7 aromatic rings. The first-order valence-corrected chi connectivity index (χ1v) is 15.4. The normalized spacial score (nSPS) is 12.8. The minimum Gasteiger partial charge on any atom is -0.208 e. The zero-order valence-corrected chi connectivity index (χ0v) is 25.3. The maximum Gasteiger partial charge on any atom is 0.164 e. The summed E-state index contributed by atoms with van der Waals surface area (Å²) in [6.07, 6.45) is 0. The highest BCUT2D eigenvalue weighted by Crippen LogP contribution is 2.49. The predicted octanol–water partition coefficient (Wildman–Crippen LogP) is 10.5. The van der Waals surface area contributed by atoms with E-state index in [0.29, 0.717) is 17.5 Å². The number of nitrogens with zero attached hydrogens (tertiary/aromatic N) is 3. The molecule has 0 bridgehead atoms. The first kappa shape index (κ1) is 26.9. The Bertz CT molecular complexity index is 2170. The van der Waals surface area contributed by atoms with Crippen LogP contribution in [0.1, 0.15) is 25.0 Å². The maximum atomic E-state index is 5.19. The molecule has 0 N–H and O–H groups in total. The Morgan fingerprint density at radius 3 is 1.56 bits per heavy atom. The fourth-order valence-electron chi connectivity index (χ4n) is 6.59. The lowest BCUT2D eigenvalue weighted by atomic mass is 9.82. The Kier molecular flexibility index (Phi) is 6.46. The Labute approximate surface area is 264 Å². The lowest BCUT2D eigenvalue weighted by Crippen LogP contribution is -2.15. The standard InChI is InChI=1S/C42H31N3/c1-42(2)37-21-13-12-20-33(37)34-24-23-32(27-38(34)42)40-43-39(30-18-10-5-11-19-30)44-41(45-40)35-25-22-31(28-14-6-3-7-15-28)26-36(35)29-16-8-4-9-17-29/h3-27H,1-2H3. The maximum absolute atomic E-state index is 5.19. The molecular formula is C42H31N3. The molecule has 6 aromatic carbocycles. The largest absolute Gasteiger partial charge is 0.208 e. The average Bonchev–Trinajstić information content (AvgIpc) is 3.34. The number of rotatable bonds is 5. The number of hydrogen-bond donors (Lipinski definition) is 0. The zero-order chi connectivity index (χ0) is 30.4. The van der Waals surface area contributed by atoms with Crippen molar-refractivity contribution in [3.05, 3.63) is 163 Å². The van der Waals surface area contributed by atoms with Crippen LogP contribution in [0.25, 0.3) is 67.5 Å². The molecule has 0 radical (unpaired) electrons. The third-order valence-corrected chi connectivity index (χ3v) is 8.96. The molecule has 1 aliphatic rings. The van der Waals surface area contributed by atoms with Crippen molar-refractivity contribution in [2.24, 2.45) is 0 Å². The molecule has 0 aliphatic heterocycles. The van der Waals surface area contributed by atoms with Crippen LogP contribution in [-0.2, 0) is 5.41 Å². The fourth-order valence-corrected chi connectivity index (χ4v) is 6.59. The minimum atomic E-state index is -0.117. The van der Waals surface area contributed by atoms with E-state index in [1.807, 2.05) is 30.3 Å². The second-order valence-corrected chi connectivity index (χ2v) is 12.1. The zero-order valence-electron chi connectivity index (χ0n) is 25.3. The molecule has 0 saturated carbocycles. The molecule has 0 saturated heterocycles. The van der Waals surface area contributed by atoms with E-state index in [9.17, 15) is 0 Å². The molecule has 3 heteroatoms. The second kappa shape index (κ2) is 10.8. The molecule has 0 atom stereocenters. The van der Waals surface area contributed by atoms with E-state index in [0.717, 1.165) is 33.4 Å². The molecule has 1 heterocycles. The van der Waals surface area contributed by atoms with Gasteiger partial charge in [0.05, 0.1) is 0 Å². The van der Waals surface area contributed by atoms with Crippen molar-refractivity contribution >= 4 is 0 Å². The molecule has 1 aliphatic carbocycles. The highest BCUT2D eigenvalue weighted by atomic mass is 15.0. The van der Waals surface area contributed by atoms with Crippen molar-refractivity contribution in [1.82, 2.24) is 15.0 Å². The van der Waals surface area contributed by atoms with Crippen molar-refractivity contribution in [3.8, 4) is 67.5 Å². The SMILES string of the molecule is CC1(C)c2ccccc2-c2ccc(-c3nc(-c4ccccc4)nc(-c4ccc(-c5ccccc5)cc4-c4ccccc4)n3)cc21. The minimum absolute atomic E-state index is 0.117. The summed E-state index contributed by atoms with van der Waals surface area (Å²) in [5, 5.41) is 0. The summed E-state index contributed by atoms with van der Waals surface area (Å²) in [5.41, 5.74) is 12.5. The second-order valence-electron chi connectivity index (χ2n) is 12.1. The van der Waals surface area contributed by atoms with Gasteiger partial charge < -0.3 is 0 Å². The van der Waals surface area contributed by atoms with Gasteiger partial charge in [-0.3, -0.25) is 0 Å². The van der Waals surface area contributed by atoms with Gasteiger partial charge >= 0.3 is 0 Å². The first-order chi connectivity index (χ1) is 22.1. The topological polar surface area (TPSA) is 38.7 Å². The molecule has 0 fully saturated rings. The number of hydrogen-bond acceptors (Lipinski definition) is 3. The smallest absolute Gasteiger partial charge is 0.164 e. The van der Waals surface area contributed by atoms with E-state index < -0.39 is 0 Å². The summed E-state index contributed by atoms with van der Waals surface area (Å²) in [5.74, 6) is 1.98. The summed E-state index contributed by atoms with van der Waals surface area (Å²) in [6.45, 7) is 4.60. The van der Waals surface area contributed by atoms with Crippen LogP contribution in [-0.4, -0.2) is 15.0 Å². The van der Waals surface area contributed by atoms with Crippen LogP contribution in [0, 0.1) is 0 Å². The Morgan fingerprint density at radius 1 is 0.333 bits per heavy atom. The van der Waals surface area contributed by atoms with E-state index in [4.69, 9.17) is 15.0 Å². The van der Waals surface area contributed by atoms with E-state index in [-0.39, 0.29) is 5.41 Å². The van der Waals surface area contributed by atoms with Crippen LogP contribution in [0.2, 0.25) is 0 Å². The van der Waals surface area contributed by atoms with Gasteiger partial charge in [0.25, 0.3) is 0 Å². The summed E-state index contributed by atoms with van der Waals surface area (Å²) in [4.78, 5) is 15.4. The van der Waals surface area contributed by atoms with E-state index in [1.54, 1.807) is 0 Å². The lowest BCUT2D eigenvalue weighted by molar-refractivity contribution is 0.660. The lowest BCUT2D eigenvalue weighted by Gasteiger charge is -2.21. The van der Waals surface area contributed by atoms with Gasteiger partial charge in [-0.05, 0) is 62.7 Å². The molecule has 0 spiro atoms. The molecule has 214 valence electrons. The molecule has 3 nitrogen and oxygen atoms in total. The van der Waals surface area contributed by atoms with Gasteiger partial charge in [-0.15, -0.1) is 0 Å². The highest BCUT2D eigenvalue weighted by Gasteiger charge is 2.35. The van der Waals surface area contributed by atoms with Crippen LogP contribution in [0.3, 0.4) is 0 Å². The third-order valence-electron chi connectivity index (χ3n) is 8.96. The summed E-state index contributed by atoms with van der Waals surface area (Å²) < 4.78 is 0. The summed E-state index contributed by atoms with van der Waals surface area (Å²) >= 11 is 0. The van der Waals surface area contributed by atoms with E-state index >= 15 is 0 Å². The van der Waals surface area contributed by atoms with Gasteiger partial charge in [0.15, 0.2) is 17.5 Å². The molecule has 8 rings (SSSR count). The van der Waals surface area contributed by atoms with Crippen molar-refractivity contribution in [1.29, 1.82) is 0 Å². The molecule has 45 heavy (non-hydrogen) atoms. The Balaban J connectivity index is 1.33. The molecule has 1 aromatic heterocycles. The summed E-state index contributed by atoms with van der Waals surface area (Å²) in [6, 6.07) is 53.1. The molecule has 0 unspecified atom stereocenters. The first-order valence-electron chi connectivity index (χ1n) is 15.4. The van der Waals surface area contributed by atoms with Gasteiger partial charge in [-0.1, -0.05) is 147 Å². The van der Waals surface area contributed by atoms with Crippen LogP contribution < -0.4 is 0 Å². The fraction of sp³-hybridized carbons (Fsp3) is 0.0714. The van der Waals surface area contributed by atoms with Crippen molar-refractivity contribution in [2.75, 3.05) is 0 Å². The van der Waals surface area contributed by atoms with Gasteiger partial charge in [0.1, 0.15) is 0 Å². The van der Waals surface area contributed by atoms with Gasteiger partial charge in [-0.25, -0.2) is 15.0 Å². The number of fused-ring (bicyclic) bond motifs is 3. The van der Waals surface area contributed by atoms with Crippen LogP contribution in [0.4, 0.5) is 0 Å². The Morgan fingerprint density at radius 2 is 0.844 bits per heavy atom. The monoisotopic (exact) mass is 577 g/mol. The Hall–Kier alpha value is -5.67. The van der Waals surface area contributed by atoms with E-state index in [2.05, 4.69) is 135 Å². The van der Waals surface area contributed by atoms with Crippen LogP contribution >= 0.6 is 0 Å².